The molecule has 0 aromatic heterocycles. The molecule has 0 saturated carbocycles. The lowest BCUT2D eigenvalue weighted by molar-refractivity contribution is -0.274. The second kappa shape index (κ2) is 11.0. The van der Waals surface area contributed by atoms with Gasteiger partial charge in [0.1, 0.15) is 5.75 Å². The van der Waals surface area contributed by atoms with Gasteiger partial charge in [-0.2, -0.15) is 20.2 Å². The molecule has 34 heavy (non-hydrogen) atoms. The number of alkyl halides is 3. The first kappa shape index (κ1) is 27.3. The summed E-state index contributed by atoms with van der Waals surface area (Å²) < 4.78 is 69.5. The summed E-state index contributed by atoms with van der Waals surface area (Å²) in [7, 11) is -4.02. The molecule has 2 aromatic carbocycles. The molecule has 2 N–H and O–H groups in total. The molecule has 8 nitrogen and oxygen atoms in total. The Morgan fingerprint density at radius 2 is 1.82 bits per heavy atom. The molecular weight excluding hydrogens is 497 g/mol. The summed E-state index contributed by atoms with van der Waals surface area (Å²) in [5, 5.41) is 5.20. The van der Waals surface area contributed by atoms with E-state index in [0.29, 0.717) is 5.75 Å². The maximum Gasteiger partial charge on any atom is 0.573 e. The molecule has 0 radical (unpaired) electrons. The third-order valence-corrected chi connectivity index (χ3v) is 5.53. The van der Waals surface area contributed by atoms with Crippen LogP contribution in [0.1, 0.15) is 33.2 Å². The minimum Gasteiger partial charge on any atom is -0.406 e. The van der Waals surface area contributed by atoms with Crippen molar-refractivity contribution in [3.8, 4) is 11.5 Å². The number of hydrogen-bond acceptors (Lipinski definition) is 7. The van der Waals surface area contributed by atoms with Crippen molar-refractivity contribution in [3.63, 3.8) is 0 Å². The van der Waals surface area contributed by atoms with Gasteiger partial charge in [0, 0.05) is 17.5 Å². The van der Waals surface area contributed by atoms with Crippen LogP contribution in [-0.2, 0) is 10.1 Å². The summed E-state index contributed by atoms with van der Waals surface area (Å²) in [5.74, 6) is -1.76. The summed E-state index contributed by atoms with van der Waals surface area (Å²) in [6, 6.07) is 6.90. The van der Waals surface area contributed by atoms with Crippen molar-refractivity contribution < 1.29 is 40.1 Å². The van der Waals surface area contributed by atoms with E-state index >= 15 is 0 Å². The van der Waals surface area contributed by atoms with Gasteiger partial charge in [-0.05, 0) is 56.0 Å². The van der Waals surface area contributed by atoms with Crippen LogP contribution in [0.25, 0.3) is 0 Å². The molecule has 1 atom stereocenters. The highest BCUT2D eigenvalue weighted by molar-refractivity contribution is 7.98. The van der Waals surface area contributed by atoms with Crippen molar-refractivity contribution in [2.45, 2.75) is 26.3 Å². The first-order chi connectivity index (χ1) is 15.7. The van der Waals surface area contributed by atoms with Gasteiger partial charge in [0.25, 0.3) is 11.8 Å². The van der Waals surface area contributed by atoms with E-state index in [-0.39, 0.29) is 34.2 Å². The number of hydrogen-bond donors (Lipinski definition) is 2. The Bertz CT molecular complexity index is 1170. The Hall–Kier alpha value is -2.93. The van der Waals surface area contributed by atoms with Gasteiger partial charge in [-0.25, -0.2) is 0 Å². The van der Waals surface area contributed by atoms with E-state index < -0.39 is 34.0 Å². The predicted octanol–water partition coefficient (Wildman–Crippen LogP) is 3.97. The topological polar surface area (TPSA) is 111 Å². The SMILES string of the molecule is CSCC(C)NC(=O)c1c(OS(C)(=O)=O)cccc1C(=O)Nc1ccc(OC(F)(F)F)cc1C. The number of nitrogens with one attached hydrogen (secondary N) is 2. The van der Waals surface area contributed by atoms with Gasteiger partial charge >= 0.3 is 16.5 Å². The highest BCUT2D eigenvalue weighted by Crippen LogP contribution is 2.29. The lowest BCUT2D eigenvalue weighted by atomic mass is 10.0. The summed E-state index contributed by atoms with van der Waals surface area (Å²) in [5.41, 5.74) is -0.0626. The average Bonchev–Trinajstić information content (AvgIpc) is 2.67. The lowest BCUT2D eigenvalue weighted by Crippen LogP contribution is -2.36. The van der Waals surface area contributed by atoms with Gasteiger partial charge in [0.05, 0.1) is 17.4 Å². The fourth-order valence-corrected chi connectivity index (χ4v) is 3.99. The third-order valence-electron chi connectivity index (χ3n) is 4.21. The first-order valence-corrected chi connectivity index (χ1v) is 12.9. The van der Waals surface area contributed by atoms with E-state index in [1.165, 1.54) is 43.0 Å². The molecule has 13 heteroatoms. The van der Waals surface area contributed by atoms with Gasteiger partial charge in [-0.3, -0.25) is 9.59 Å². The van der Waals surface area contributed by atoms with Gasteiger partial charge in [0.2, 0.25) is 0 Å². The molecule has 2 rings (SSSR count). The summed E-state index contributed by atoms with van der Waals surface area (Å²) >= 11 is 1.48. The van der Waals surface area contributed by atoms with Crippen molar-refractivity contribution in [3.05, 3.63) is 53.1 Å². The highest BCUT2D eigenvalue weighted by atomic mass is 32.2. The molecule has 2 aromatic rings. The number of carbonyl (C=O) groups excluding carboxylic acids is 2. The molecule has 0 saturated heterocycles. The van der Waals surface area contributed by atoms with Crippen LogP contribution in [-0.4, -0.2) is 50.9 Å². The van der Waals surface area contributed by atoms with E-state index in [9.17, 15) is 31.2 Å². The van der Waals surface area contributed by atoms with E-state index in [1.54, 1.807) is 6.92 Å². The smallest absolute Gasteiger partial charge is 0.406 e. The maximum absolute atomic E-state index is 13.0. The zero-order chi connectivity index (χ0) is 25.7. The molecule has 1 unspecified atom stereocenters. The molecule has 0 spiro atoms. The van der Waals surface area contributed by atoms with Crippen LogP contribution in [0.2, 0.25) is 0 Å². The Labute approximate surface area is 199 Å². The molecule has 0 fully saturated rings. The Kier molecular flexibility index (Phi) is 8.83. The molecule has 0 aliphatic rings. The molecule has 0 aliphatic heterocycles. The minimum atomic E-state index is -4.87. The number of anilines is 1. The van der Waals surface area contributed by atoms with Gasteiger partial charge in [-0.15, -0.1) is 13.2 Å². The quantitative estimate of drug-likeness (QED) is 0.482. The van der Waals surface area contributed by atoms with E-state index in [1.807, 2.05) is 6.26 Å². The Morgan fingerprint density at radius 3 is 2.38 bits per heavy atom. The van der Waals surface area contributed by atoms with Crippen LogP contribution in [0.3, 0.4) is 0 Å². The second-order valence-electron chi connectivity index (χ2n) is 7.27. The number of carbonyl (C=O) groups is 2. The zero-order valence-electron chi connectivity index (χ0n) is 18.6. The fraction of sp³-hybridized carbons (Fsp3) is 0.333. The van der Waals surface area contributed by atoms with Crippen LogP contribution >= 0.6 is 11.8 Å². The number of thioether (sulfide) groups is 1. The van der Waals surface area contributed by atoms with Crippen molar-refractivity contribution in [1.29, 1.82) is 0 Å². The van der Waals surface area contributed by atoms with Gasteiger partial charge in [0.15, 0.2) is 5.75 Å². The normalized spacial score (nSPS) is 12.6. The van der Waals surface area contributed by atoms with Crippen molar-refractivity contribution >= 4 is 39.4 Å². The maximum atomic E-state index is 13.0. The van der Waals surface area contributed by atoms with Crippen molar-refractivity contribution in [1.82, 2.24) is 5.32 Å². The highest BCUT2D eigenvalue weighted by Gasteiger charge is 2.31. The molecule has 186 valence electrons. The van der Waals surface area contributed by atoms with Crippen LogP contribution in [0.4, 0.5) is 18.9 Å². The molecule has 0 heterocycles. The summed E-state index contributed by atoms with van der Waals surface area (Å²) in [6.45, 7) is 3.20. The average molecular weight is 521 g/mol. The van der Waals surface area contributed by atoms with Gasteiger partial charge < -0.3 is 19.6 Å². The van der Waals surface area contributed by atoms with Crippen LogP contribution in [0.5, 0.6) is 11.5 Å². The Morgan fingerprint density at radius 1 is 1.15 bits per heavy atom. The lowest BCUT2D eigenvalue weighted by Gasteiger charge is -2.18. The number of halogens is 3. The molecule has 2 amide bonds. The number of aryl methyl sites for hydroxylation is 1. The van der Waals surface area contributed by atoms with E-state index in [2.05, 4.69) is 15.4 Å². The van der Waals surface area contributed by atoms with Crippen LogP contribution < -0.4 is 19.6 Å². The standard InChI is InChI=1S/C21H23F3N2O6S2/c1-12-10-14(31-21(22,23)24)8-9-16(12)26-19(27)15-6-5-7-17(32-34(4,29)30)18(15)20(28)25-13(2)11-33-3/h5-10,13H,11H2,1-4H3,(H,25,28)(H,26,27). The van der Waals surface area contributed by atoms with E-state index in [4.69, 9.17) is 4.18 Å². The minimum absolute atomic E-state index is 0.163. The predicted molar refractivity (Wildman–Crippen MR) is 123 cm³/mol. The summed E-state index contributed by atoms with van der Waals surface area (Å²) in [6.07, 6.45) is -2.23. The second-order valence-corrected chi connectivity index (χ2v) is 9.76. The molecule has 0 aliphatic carbocycles. The van der Waals surface area contributed by atoms with Crippen LogP contribution in [0.15, 0.2) is 36.4 Å². The van der Waals surface area contributed by atoms with Gasteiger partial charge in [-0.1, -0.05) is 6.07 Å². The zero-order valence-corrected chi connectivity index (χ0v) is 20.3. The first-order valence-electron chi connectivity index (χ1n) is 9.70. The van der Waals surface area contributed by atoms with Crippen molar-refractivity contribution in [2.75, 3.05) is 23.6 Å². The number of benzene rings is 2. The van der Waals surface area contributed by atoms with E-state index in [0.717, 1.165) is 18.4 Å². The number of rotatable bonds is 9. The molecule has 0 bridgehead atoms. The Balaban J connectivity index is 2.42. The summed E-state index contributed by atoms with van der Waals surface area (Å²) in [4.78, 5) is 26.0. The number of ether oxygens (including phenoxy) is 1. The van der Waals surface area contributed by atoms with Crippen LogP contribution in [0, 0.1) is 6.92 Å². The number of amides is 2. The monoisotopic (exact) mass is 520 g/mol. The van der Waals surface area contributed by atoms with Crippen molar-refractivity contribution in [2.24, 2.45) is 0 Å². The third kappa shape index (κ3) is 8.13. The molecular formula is C21H23F3N2O6S2. The largest absolute Gasteiger partial charge is 0.573 e. The fourth-order valence-electron chi connectivity index (χ4n) is 2.94.